The standard InChI is InChI=1S/C17H24OS/c1-6-7-19-15-10-13(8-12(2)3)9-14-11-17(4,5)18-16(14)15/h8-10H,6-7,11H2,1-5H3. The number of thioether (sulfide) groups is 1. The summed E-state index contributed by atoms with van der Waals surface area (Å²) in [6.45, 7) is 10.8. The van der Waals surface area contributed by atoms with E-state index in [1.165, 1.54) is 28.0 Å². The minimum Gasteiger partial charge on any atom is -0.486 e. The molecule has 0 aliphatic carbocycles. The molecule has 2 rings (SSSR count). The van der Waals surface area contributed by atoms with Crippen LogP contribution in [0.4, 0.5) is 0 Å². The van der Waals surface area contributed by atoms with Crippen molar-refractivity contribution >= 4 is 17.8 Å². The molecule has 104 valence electrons. The van der Waals surface area contributed by atoms with E-state index in [0.29, 0.717) is 0 Å². The average molecular weight is 276 g/mol. The van der Waals surface area contributed by atoms with Gasteiger partial charge in [0.25, 0.3) is 0 Å². The third kappa shape index (κ3) is 3.56. The molecule has 0 saturated carbocycles. The molecular formula is C17H24OS. The number of rotatable bonds is 4. The Labute approximate surface area is 121 Å². The summed E-state index contributed by atoms with van der Waals surface area (Å²) in [5.74, 6) is 2.27. The predicted molar refractivity (Wildman–Crippen MR) is 85.2 cm³/mol. The lowest BCUT2D eigenvalue weighted by atomic mass is 10.00. The molecule has 0 aromatic heterocycles. The summed E-state index contributed by atoms with van der Waals surface area (Å²) in [6, 6.07) is 4.56. The summed E-state index contributed by atoms with van der Waals surface area (Å²) in [4.78, 5) is 1.30. The van der Waals surface area contributed by atoms with Crippen molar-refractivity contribution in [2.75, 3.05) is 5.75 Å². The molecule has 0 N–H and O–H groups in total. The van der Waals surface area contributed by atoms with E-state index in [-0.39, 0.29) is 5.60 Å². The minimum atomic E-state index is -0.0620. The van der Waals surface area contributed by atoms with Crippen LogP contribution in [0.3, 0.4) is 0 Å². The monoisotopic (exact) mass is 276 g/mol. The number of hydrogen-bond acceptors (Lipinski definition) is 2. The molecule has 0 unspecified atom stereocenters. The Balaban J connectivity index is 2.41. The Hall–Kier alpha value is -0.890. The molecule has 19 heavy (non-hydrogen) atoms. The molecule has 0 radical (unpaired) electrons. The van der Waals surface area contributed by atoms with Gasteiger partial charge in [-0.05, 0) is 63.1 Å². The molecule has 1 aliphatic rings. The van der Waals surface area contributed by atoms with E-state index in [1.54, 1.807) is 0 Å². The first-order chi connectivity index (χ1) is 8.91. The Morgan fingerprint density at radius 1 is 1.37 bits per heavy atom. The number of ether oxygens (including phenoxy) is 1. The van der Waals surface area contributed by atoms with Crippen LogP contribution < -0.4 is 4.74 Å². The molecule has 1 nitrogen and oxygen atoms in total. The highest BCUT2D eigenvalue weighted by Crippen LogP contribution is 2.43. The molecular weight excluding hydrogens is 252 g/mol. The number of benzene rings is 1. The maximum atomic E-state index is 6.14. The van der Waals surface area contributed by atoms with Crippen LogP contribution in [0.25, 0.3) is 6.08 Å². The van der Waals surface area contributed by atoms with Gasteiger partial charge in [0.2, 0.25) is 0 Å². The first kappa shape index (κ1) is 14.5. The predicted octanol–water partition coefficient (Wildman–Crippen LogP) is 5.33. The number of allylic oxidation sites excluding steroid dienone is 1. The molecule has 0 saturated heterocycles. The molecule has 0 amide bonds. The van der Waals surface area contributed by atoms with Gasteiger partial charge >= 0.3 is 0 Å². The third-order valence-corrected chi connectivity index (χ3v) is 4.29. The van der Waals surface area contributed by atoms with Gasteiger partial charge in [-0.3, -0.25) is 0 Å². The van der Waals surface area contributed by atoms with Crippen LogP contribution in [0, 0.1) is 0 Å². The summed E-state index contributed by atoms with van der Waals surface area (Å²) in [7, 11) is 0. The van der Waals surface area contributed by atoms with E-state index in [9.17, 15) is 0 Å². The van der Waals surface area contributed by atoms with Crippen molar-refractivity contribution in [3.63, 3.8) is 0 Å². The van der Waals surface area contributed by atoms with Crippen LogP contribution in [-0.2, 0) is 6.42 Å². The Morgan fingerprint density at radius 2 is 2.11 bits per heavy atom. The van der Waals surface area contributed by atoms with Crippen LogP contribution in [0.2, 0.25) is 0 Å². The molecule has 1 aliphatic heterocycles. The van der Waals surface area contributed by atoms with Crippen LogP contribution in [0.15, 0.2) is 22.6 Å². The van der Waals surface area contributed by atoms with E-state index in [0.717, 1.165) is 17.9 Å². The maximum Gasteiger partial charge on any atom is 0.137 e. The highest BCUT2D eigenvalue weighted by atomic mass is 32.2. The van der Waals surface area contributed by atoms with Gasteiger partial charge in [-0.25, -0.2) is 0 Å². The van der Waals surface area contributed by atoms with Crippen LogP contribution in [-0.4, -0.2) is 11.4 Å². The first-order valence-electron chi connectivity index (χ1n) is 7.05. The van der Waals surface area contributed by atoms with Crippen molar-refractivity contribution in [3.05, 3.63) is 28.8 Å². The Bertz CT molecular complexity index is 496. The molecule has 0 spiro atoms. The summed E-state index contributed by atoms with van der Waals surface area (Å²) in [5, 5.41) is 0. The second-order valence-electron chi connectivity index (χ2n) is 6.12. The van der Waals surface area contributed by atoms with Crippen molar-refractivity contribution in [1.29, 1.82) is 0 Å². The van der Waals surface area contributed by atoms with E-state index in [1.807, 2.05) is 11.8 Å². The molecule has 1 heterocycles. The second-order valence-corrected chi connectivity index (χ2v) is 7.25. The molecule has 0 bridgehead atoms. The van der Waals surface area contributed by atoms with Crippen LogP contribution in [0.1, 0.15) is 52.2 Å². The minimum absolute atomic E-state index is 0.0620. The van der Waals surface area contributed by atoms with Crippen molar-refractivity contribution in [3.8, 4) is 5.75 Å². The van der Waals surface area contributed by atoms with Gasteiger partial charge in [-0.1, -0.05) is 18.6 Å². The maximum absolute atomic E-state index is 6.14. The zero-order valence-electron chi connectivity index (χ0n) is 12.7. The van der Waals surface area contributed by atoms with Gasteiger partial charge in [0.1, 0.15) is 11.4 Å². The summed E-state index contributed by atoms with van der Waals surface area (Å²) in [6.07, 6.45) is 4.45. The summed E-state index contributed by atoms with van der Waals surface area (Å²) >= 11 is 1.91. The van der Waals surface area contributed by atoms with Gasteiger partial charge in [0.15, 0.2) is 0 Å². The second kappa shape index (κ2) is 5.62. The quantitative estimate of drug-likeness (QED) is 0.688. The lowest BCUT2D eigenvalue weighted by molar-refractivity contribution is 0.135. The lowest BCUT2D eigenvalue weighted by Gasteiger charge is -2.18. The topological polar surface area (TPSA) is 9.23 Å². The number of fused-ring (bicyclic) bond motifs is 1. The zero-order valence-corrected chi connectivity index (χ0v) is 13.5. The van der Waals surface area contributed by atoms with E-state index in [2.05, 4.69) is 52.8 Å². The normalized spacial score (nSPS) is 15.8. The van der Waals surface area contributed by atoms with Gasteiger partial charge in [-0.15, -0.1) is 11.8 Å². The van der Waals surface area contributed by atoms with Crippen LogP contribution >= 0.6 is 11.8 Å². The SMILES string of the molecule is CCCSc1cc(C=C(C)C)cc2c1OC(C)(C)C2. The van der Waals surface area contributed by atoms with Crippen molar-refractivity contribution < 1.29 is 4.74 Å². The highest BCUT2D eigenvalue weighted by molar-refractivity contribution is 7.99. The summed E-state index contributed by atoms with van der Waals surface area (Å²) in [5.41, 5.74) is 3.94. The van der Waals surface area contributed by atoms with Crippen molar-refractivity contribution in [2.45, 2.75) is 58.0 Å². The Morgan fingerprint density at radius 3 is 2.74 bits per heavy atom. The summed E-state index contributed by atoms with van der Waals surface area (Å²) < 4.78 is 6.14. The Kier molecular flexibility index (Phi) is 4.29. The third-order valence-electron chi connectivity index (χ3n) is 3.07. The van der Waals surface area contributed by atoms with Crippen molar-refractivity contribution in [2.24, 2.45) is 0 Å². The van der Waals surface area contributed by atoms with E-state index >= 15 is 0 Å². The van der Waals surface area contributed by atoms with Gasteiger partial charge in [0, 0.05) is 6.42 Å². The van der Waals surface area contributed by atoms with Crippen molar-refractivity contribution in [1.82, 2.24) is 0 Å². The van der Waals surface area contributed by atoms with Gasteiger partial charge < -0.3 is 4.74 Å². The molecule has 1 aromatic rings. The highest BCUT2D eigenvalue weighted by Gasteiger charge is 2.32. The van der Waals surface area contributed by atoms with E-state index < -0.39 is 0 Å². The van der Waals surface area contributed by atoms with E-state index in [4.69, 9.17) is 4.74 Å². The largest absolute Gasteiger partial charge is 0.486 e. The van der Waals surface area contributed by atoms with Gasteiger partial charge in [-0.2, -0.15) is 0 Å². The van der Waals surface area contributed by atoms with Crippen LogP contribution in [0.5, 0.6) is 5.75 Å². The fourth-order valence-corrected chi connectivity index (χ4v) is 3.38. The molecule has 0 fully saturated rings. The average Bonchev–Trinajstić information content (AvgIpc) is 2.59. The fraction of sp³-hybridized carbons (Fsp3) is 0.529. The lowest BCUT2D eigenvalue weighted by Crippen LogP contribution is -2.24. The zero-order chi connectivity index (χ0) is 14.0. The molecule has 0 atom stereocenters. The molecule has 2 heteroatoms. The number of hydrogen-bond donors (Lipinski definition) is 0. The smallest absolute Gasteiger partial charge is 0.137 e. The van der Waals surface area contributed by atoms with Gasteiger partial charge in [0.05, 0.1) is 4.90 Å². The fourth-order valence-electron chi connectivity index (χ4n) is 2.44. The first-order valence-corrected chi connectivity index (χ1v) is 8.03. The molecule has 1 aromatic carbocycles.